The Kier molecular flexibility index (Phi) is 5.53. The molecule has 2 unspecified atom stereocenters. The molecule has 0 rings (SSSR count). The molecule has 0 saturated carbocycles. The SMILES string of the molecule is CCC[N+](C)(CC(C)O)CC(C)O. The summed E-state index contributed by atoms with van der Waals surface area (Å²) in [6.45, 7) is 8.18. The Morgan fingerprint density at radius 2 is 1.46 bits per heavy atom. The molecular formula is C10H24NO2+. The monoisotopic (exact) mass is 190 g/mol. The molecule has 13 heavy (non-hydrogen) atoms. The normalized spacial score (nSPS) is 20.8. The van der Waals surface area contributed by atoms with Gasteiger partial charge in [-0.15, -0.1) is 0 Å². The smallest absolute Gasteiger partial charge is 0.105 e. The van der Waals surface area contributed by atoms with E-state index >= 15 is 0 Å². The molecule has 0 aromatic heterocycles. The number of rotatable bonds is 6. The van der Waals surface area contributed by atoms with E-state index < -0.39 is 0 Å². The van der Waals surface area contributed by atoms with Gasteiger partial charge in [-0.1, -0.05) is 6.92 Å². The van der Waals surface area contributed by atoms with Gasteiger partial charge in [-0.3, -0.25) is 0 Å². The van der Waals surface area contributed by atoms with Crippen molar-refractivity contribution in [3.63, 3.8) is 0 Å². The van der Waals surface area contributed by atoms with Gasteiger partial charge >= 0.3 is 0 Å². The molecule has 0 aromatic rings. The zero-order valence-corrected chi connectivity index (χ0v) is 9.32. The predicted molar refractivity (Wildman–Crippen MR) is 54.4 cm³/mol. The second kappa shape index (κ2) is 5.58. The number of nitrogens with zero attached hydrogens (tertiary/aromatic N) is 1. The first-order chi connectivity index (χ1) is 5.89. The molecule has 0 heterocycles. The highest BCUT2D eigenvalue weighted by Crippen LogP contribution is 2.07. The molecule has 0 amide bonds. The topological polar surface area (TPSA) is 40.5 Å². The highest BCUT2D eigenvalue weighted by Gasteiger charge is 2.24. The van der Waals surface area contributed by atoms with E-state index in [0.717, 1.165) is 30.5 Å². The lowest BCUT2D eigenvalue weighted by Gasteiger charge is -2.36. The van der Waals surface area contributed by atoms with Crippen LogP contribution in [0.25, 0.3) is 0 Å². The quantitative estimate of drug-likeness (QED) is 0.602. The first-order valence-corrected chi connectivity index (χ1v) is 5.09. The van der Waals surface area contributed by atoms with Crippen LogP contribution < -0.4 is 0 Å². The van der Waals surface area contributed by atoms with E-state index in [1.807, 2.05) is 0 Å². The Morgan fingerprint density at radius 1 is 1.08 bits per heavy atom. The highest BCUT2D eigenvalue weighted by atomic mass is 16.3. The molecule has 0 aromatic carbocycles. The van der Waals surface area contributed by atoms with Crippen molar-refractivity contribution in [2.24, 2.45) is 0 Å². The van der Waals surface area contributed by atoms with Crippen LogP contribution >= 0.6 is 0 Å². The lowest BCUT2D eigenvalue weighted by atomic mass is 10.2. The van der Waals surface area contributed by atoms with Gasteiger partial charge in [-0.25, -0.2) is 0 Å². The third-order valence-corrected chi connectivity index (χ3v) is 2.17. The van der Waals surface area contributed by atoms with Crippen molar-refractivity contribution < 1.29 is 14.7 Å². The number of aliphatic hydroxyl groups is 2. The van der Waals surface area contributed by atoms with E-state index in [1.54, 1.807) is 13.8 Å². The summed E-state index contributed by atoms with van der Waals surface area (Å²) in [5.74, 6) is 0. The summed E-state index contributed by atoms with van der Waals surface area (Å²) in [5, 5.41) is 18.7. The van der Waals surface area contributed by atoms with E-state index in [2.05, 4.69) is 14.0 Å². The van der Waals surface area contributed by atoms with Gasteiger partial charge in [-0.05, 0) is 20.3 Å². The molecule has 0 bridgehead atoms. The van der Waals surface area contributed by atoms with Crippen LogP contribution in [0.3, 0.4) is 0 Å². The largest absolute Gasteiger partial charge is 0.388 e. The van der Waals surface area contributed by atoms with Crippen molar-refractivity contribution in [3.05, 3.63) is 0 Å². The summed E-state index contributed by atoms with van der Waals surface area (Å²) in [7, 11) is 2.09. The van der Waals surface area contributed by atoms with Gasteiger partial charge < -0.3 is 14.7 Å². The third kappa shape index (κ3) is 6.02. The van der Waals surface area contributed by atoms with Gasteiger partial charge in [-0.2, -0.15) is 0 Å². The number of aliphatic hydroxyl groups excluding tert-OH is 2. The Hall–Kier alpha value is -0.120. The predicted octanol–water partition coefficient (Wildman–Crippen LogP) is 0.605. The lowest BCUT2D eigenvalue weighted by Crippen LogP contribution is -2.52. The minimum absolute atomic E-state index is 0.296. The Labute approximate surface area is 81.6 Å². The van der Waals surface area contributed by atoms with E-state index in [-0.39, 0.29) is 12.2 Å². The van der Waals surface area contributed by atoms with E-state index in [0.29, 0.717) is 0 Å². The molecular weight excluding hydrogens is 166 g/mol. The molecule has 2 atom stereocenters. The minimum Gasteiger partial charge on any atom is -0.388 e. The van der Waals surface area contributed by atoms with E-state index in [1.165, 1.54) is 0 Å². The average Bonchev–Trinajstić information content (AvgIpc) is 1.81. The molecule has 0 spiro atoms. The second-order valence-electron chi connectivity index (χ2n) is 4.41. The third-order valence-electron chi connectivity index (χ3n) is 2.17. The summed E-state index contributed by atoms with van der Waals surface area (Å²) in [6, 6.07) is 0. The van der Waals surface area contributed by atoms with Crippen molar-refractivity contribution in [1.82, 2.24) is 0 Å². The zero-order chi connectivity index (χ0) is 10.5. The second-order valence-corrected chi connectivity index (χ2v) is 4.41. The van der Waals surface area contributed by atoms with Crippen molar-refractivity contribution in [2.75, 3.05) is 26.7 Å². The van der Waals surface area contributed by atoms with Gasteiger partial charge in [0, 0.05) is 0 Å². The van der Waals surface area contributed by atoms with Crippen LogP contribution in [-0.2, 0) is 0 Å². The van der Waals surface area contributed by atoms with Crippen molar-refractivity contribution in [1.29, 1.82) is 0 Å². The van der Waals surface area contributed by atoms with Crippen LogP contribution in [0.5, 0.6) is 0 Å². The summed E-state index contributed by atoms with van der Waals surface area (Å²) < 4.78 is 0.756. The summed E-state index contributed by atoms with van der Waals surface area (Å²) >= 11 is 0. The highest BCUT2D eigenvalue weighted by molar-refractivity contribution is 4.50. The zero-order valence-electron chi connectivity index (χ0n) is 9.32. The molecule has 0 aliphatic heterocycles. The molecule has 2 N–H and O–H groups in total. The molecule has 0 aliphatic rings. The first kappa shape index (κ1) is 12.9. The van der Waals surface area contributed by atoms with Crippen molar-refractivity contribution in [2.45, 2.75) is 39.4 Å². The van der Waals surface area contributed by atoms with Crippen molar-refractivity contribution in [3.8, 4) is 0 Å². The van der Waals surface area contributed by atoms with Crippen LogP contribution in [0.1, 0.15) is 27.2 Å². The fourth-order valence-electron chi connectivity index (χ4n) is 2.07. The fourth-order valence-corrected chi connectivity index (χ4v) is 2.07. The van der Waals surface area contributed by atoms with Crippen LogP contribution in [-0.4, -0.2) is 53.6 Å². The van der Waals surface area contributed by atoms with Gasteiger partial charge in [0.25, 0.3) is 0 Å². The minimum atomic E-state index is -0.296. The molecule has 0 saturated heterocycles. The number of likely N-dealkylation sites (N-methyl/N-ethyl adjacent to an activating group) is 1. The Bertz CT molecular complexity index is 125. The summed E-state index contributed by atoms with van der Waals surface area (Å²) in [5.41, 5.74) is 0. The summed E-state index contributed by atoms with van der Waals surface area (Å²) in [6.07, 6.45) is 0.487. The van der Waals surface area contributed by atoms with Gasteiger partial charge in [0.2, 0.25) is 0 Å². The maximum Gasteiger partial charge on any atom is 0.105 e. The van der Waals surface area contributed by atoms with Crippen LogP contribution in [0.15, 0.2) is 0 Å². The molecule has 0 fully saturated rings. The number of quaternary nitrogens is 1. The average molecular weight is 190 g/mol. The van der Waals surface area contributed by atoms with Gasteiger partial charge in [0.15, 0.2) is 0 Å². The van der Waals surface area contributed by atoms with Crippen LogP contribution in [0.2, 0.25) is 0 Å². The first-order valence-electron chi connectivity index (χ1n) is 5.09. The number of hydrogen-bond donors (Lipinski definition) is 2. The van der Waals surface area contributed by atoms with Crippen molar-refractivity contribution >= 4 is 0 Å². The molecule has 3 heteroatoms. The van der Waals surface area contributed by atoms with E-state index in [4.69, 9.17) is 0 Å². The maximum atomic E-state index is 9.33. The Morgan fingerprint density at radius 3 is 1.69 bits per heavy atom. The van der Waals surface area contributed by atoms with Crippen LogP contribution in [0.4, 0.5) is 0 Å². The van der Waals surface area contributed by atoms with Gasteiger partial charge in [0.05, 0.1) is 13.6 Å². The van der Waals surface area contributed by atoms with Gasteiger partial charge in [0.1, 0.15) is 25.3 Å². The standard InChI is InChI=1S/C10H24NO2/c1-5-6-11(4,7-9(2)12)8-10(3)13/h9-10,12-13H,5-8H2,1-4H3/q+1. The molecule has 0 radical (unpaired) electrons. The fraction of sp³-hybridized carbons (Fsp3) is 1.00. The van der Waals surface area contributed by atoms with Crippen LogP contribution in [0, 0.1) is 0 Å². The summed E-state index contributed by atoms with van der Waals surface area (Å²) in [4.78, 5) is 0. The van der Waals surface area contributed by atoms with E-state index in [9.17, 15) is 10.2 Å². The molecule has 80 valence electrons. The Balaban J connectivity index is 4.15. The maximum absolute atomic E-state index is 9.33. The lowest BCUT2D eigenvalue weighted by molar-refractivity contribution is -0.914. The molecule has 3 nitrogen and oxygen atoms in total. The number of hydrogen-bond acceptors (Lipinski definition) is 2. The molecule has 0 aliphatic carbocycles.